The van der Waals surface area contributed by atoms with Crippen LogP contribution in [0.2, 0.25) is 0 Å². The predicted molar refractivity (Wildman–Crippen MR) is 137 cm³/mol. The highest BCUT2D eigenvalue weighted by Gasteiger charge is 2.31. The number of nitrogens with one attached hydrogen (secondary N) is 2. The molecule has 7 rings (SSSR count). The standard InChI is InChI=1S/C27H31N7O/c1-27(6-2-12-35-27)14-18-13-20-19(5-7-30-24(20)31-18)25-32-22-16-29-15-21(17-3-4-17)23(22)26(33-25)34-10-8-28-9-11-34/h5,7,13,15-17,28H,2-4,6,8-12,14H2,1H3,(H,30,31). The predicted octanol–water partition coefficient (Wildman–Crippen LogP) is 3.97. The molecule has 180 valence electrons. The summed E-state index contributed by atoms with van der Waals surface area (Å²) < 4.78 is 6.04. The van der Waals surface area contributed by atoms with Gasteiger partial charge in [0.15, 0.2) is 5.82 Å². The van der Waals surface area contributed by atoms with E-state index < -0.39 is 0 Å². The zero-order valence-corrected chi connectivity index (χ0v) is 20.2. The third-order valence-corrected chi connectivity index (χ3v) is 7.74. The van der Waals surface area contributed by atoms with E-state index in [2.05, 4.69) is 38.2 Å². The van der Waals surface area contributed by atoms with Gasteiger partial charge >= 0.3 is 0 Å². The molecule has 2 aliphatic heterocycles. The smallest absolute Gasteiger partial charge is 0.163 e. The lowest BCUT2D eigenvalue weighted by molar-refractivity contribution is 0.0201. The molecule has 0 amide bonds. The van der Waals surface area contributed by atoms with Gasteiger partial charge in [-0.15, -0.1) is 0 Å². The molecule has 1 unspecified atom stereocenters. The van der Waals surface area contributed by atoms with Gasteiger partial charge in [-0.25, -0.2) is 15.0 Å². The molecule has 4 aromatic rings. The Bertz CT molecular complexity index is 1400. The Morgan fingerprint density at radius 3 is 2.86 bits per heavy atom. The molecular formula is C27H31N7O. The topological polar surface area (TPSA) is 91.9 Å². The Morgan fingerprint density at radius 2 is 2.06 bits per heavy atom. The van der Waals surface area contributed by atoms with E-state index in [4.69, 9.17) is 14.7 Å². The maximum Gasteiger partial charge on any atom is 0.163 e. The molecule has 4 aromatic heterocycles. The van der Waals surface area contributed by atoms with Crippen molar-refractivity contribution in [1.29, 1.82) is 0 Å². The third-order valence-electron chi connectivity index (χ3n) is 7.74. The summed E-state index contributed by atoms with van der Waals surface area (Å²) in [5.74, 6) is 2.37. The zero-order chi connectivity index (χ0) is 23.4. The van der Waals surface area contributed by atoms with Crippen molar-refractivity contribution in [3.05, 3.63) is 42.0 Å². The maximum absolute atomic E-state index is 6.04. The van der Waals surface area contributed by atoms with Crippen molar-refractivity contribution < 1.29 is 4.74 Å². The van der Waals surface area contributed by atoms with Crippen LogP contribution in [0.5, 0.6) is 0 Å². The largest absolute Gasteiger partial charge is 0.375 e. The minimum atomic E-state index is -0.110. The first-order valence-corrected chi connectivity index (χ1v) is 12.9. The molecule has 1 atom stereocenters. The van der Waals surface area contributed by atoms with Gasteiger partial charge in [0.1, 0.15) is 11.5 Å². The van der Waals surface area contributed by atoms with Crippen molar-refractivity contribution in [2.45, 2.75) is 50.5 Å². The fourth-order valence-corrected chi connectivity index (χ4v) is 5.77. The summed E-state index contributed by atoms with van der Waals surface area (Å²) in [5, 5.41) is 5.70. The molecule has 0 radical (unpaired) electrons. The van der Waals surface area contributed by atoms with Gasteiger partial charge in [0.25, 0.3) is 0 Å². The fourth-order valence-electron chi connectivity index (χ4n) is 5.77. The van der Waals surface area contributed by atoms with Crippen LogP contribution in [0, 0.1) is 0 Å². The van der Waals surface area contributed by atoms with E-state index in [1.807, 2.05) is 24.7 Å². The zero-order valence-electron chi connectivity index (χ0n) is 20.2. The Kier molecular flexibility index (Phi) is 4.99. The van der Waals surface area contributed by atoms with Crippen molar-refractivity contribution in [3.8, 4) is 11.4 Å². The van der Waals surface area contributed by atoms with E-state index in [9.17, 15) is 0 Å². The van der Waals surface area contributed by atoms with E-state index in [1.165, 1.54) is 23.8 Å². The van der Waals surface area contributed by atoms with Gasteiger partial charge in [0.05, 0.1) is 17.3 Å². The lowest BCUT2D eigenvalue weighted by Crippen LogP contribution is -2.44. The Hall–Kier alpha value is -3.10. The number of piperazine rings is 1. The van der Waals surface area contributed by atoms with Crippen molar-refractivity contribution in [1.82, 2.24) is 30.2 Å². The van der Waals surface area contributed by atoms with E-state index in [-0.39, 0.29) is 5.60 Å². The number of hydrogen-bond donors (Lipinski definition) is 2. The lowest BCUT2D eigenvalue weighted by Gasteiger charge is -2.30. The van der Waals surface area contributed by atoms with Gasteiger partial charge in [0, 0.05) is 73.6 Å². The molecule has 3 aliphatic rings. The highest BCUT2D eigenvalue weighted by molar-refractivity contribution is 5.97. The molecule has 2 N–H and O–H groups in total. The van der Waals surface area contributed by atoms with Crippen LogP contribution in [0.25, 0.3) is 33.3 Å². The number of anilines is 1. The van der Waals surface area contributed by atoms with E-state index >= 15 is 0 Å². The summed E-state index contributed by atoms with van der Waals surface area (Å²) in [4.78, 5) is 25.4. The second-order valence-corrected chi connectivity index (χ2v) is 10.5. The number of hydrogen-bond acceptors (Lipinski definition) is 7. The number of H-pyrrole nitrogens is 1. The first-order valence-electron chi connectivity index (χ1n) is 12.9. The van der Waals surface area contributed by atoms with E-state index in [0.29, 0.717) is 5.92 Å². The maximum atomic E-state index is 6.04. The molecule has 3 fully saturated rings. The average Bonchev–Trinajstić information content (AvgIpc) is 3.52. The first kappa shape index (κ1) is 21.2. The molecule has 6 heterocycles. The van der Waals surface area contributed by atoms with Crippen LogP contribution in [0.3, 0.4) is 0 Å². The van der Waals surface area contributed by atoms with Crippen LogP contribution < -0.4 is 10.2 Å². The molecule has 0 bridgehead atoms. The van der Waals surface area contributed by atoms with Gasteiger partial charge < -0.3 is 19.9 Å². The van der Waals surface area contributed by atoms with Crippen LogP contribution in [0.1, 0.15) is 49.8 Å². The summed E-state index contributed by atoms with van der Waals surface area (Å²) in [6.07, 6.45) is 11.3. The van der Waals surface area contributed by atoms with Crippen molar-refractivity contribution in [2.24, 2.45) is 0 Å². The van der Waals surface area contributed by atoms with Crippen LogP contribution in [0.15, 0.2) is 30.7 Å². The third kappa shape index (κ3) is 3.85. The molecule has 35 heavy (non-hydrogen) atoms. The normalized spacial score (nSPS) is 22.9. The average molecular weight is 470 g/mol. The summed E-state index contributed by atoms with van der Waals surface area (Å²) in [5.41, 5.74) is 5.14. The highest BCUT2D eigenvalue weighted by atomic mass is 16.5. The molecule has 0 aromatic carbocycles. The monoisotopic (exact) mass is 469 g/mol. The molecule has 8 heteroatoms. The number of ether oxygens (including phenoxy) is 1. The molecule has 2 saturated heterocycles. The summed E-state index contributed by atoms with van der Waals surface area (Å²) in [6, 6.07) is 4.25. The summed E-state index contributed by atoms with van der Waals surface area (Å²) in [7, 11) is 0. The fraction of sp³-hybridized carbons (Fsp3) is 0.481. The number of fused-ring (bicyclic) bond motifs is 2. The van der Waals surface area contributed by atoms with Gasteiger partial charge in [-0.05, 0) is 56.2 Å². The van der Waals surface area contributed by atoms with Gasteiger partial charge in [-0.3, -0.25) is 4.98 Å². The minimum absolute atomic E-state index is 0.110. The lowest BCUT2D eigenvalue weighted by atomic mass is 9.96. The molecule has 1 saturated carbocycles. The number of rotatable bonds is 5. The first-order chi connectivity index (χ1) is 17.2. The van der Waals surface area contributed by atoms with Crippen LogP contribution in [-0.4, -0.2) is 63.3 Å². The number of pyridine rings is 2. The van der Waals surface area contributed by atoms with Crippen molar-refractivity contribution in [2.75, 3.05) is 37.7 Å². The molecule has 8 nitrogen and oxygen atoms in total. The SMILES string of the molecule is CC1(Cc2cc3c(-c4nc(N5CCNCC5)c5c(C6CC6)cncc5n4)ccnc3[nH]2)CCCO1. The van der Waals surface area contributed by atoms with Crippen molar-refractivity contribution >= 4 is 27.8 Å². The molecule has 1 aliphatic carbocycles. The van der Waals surface area contributed by atoms with E-state index in [1.54, 1.807) is 0 Å². The Labute approximate surface area is 204 Å². The van der Waals surface area contributed by atoms with Gasteiger partial charge in [0.2, 0.25) is 0 Å². The van der Waals surface area contributed by atoms with Crippen molar-refractivity contribution in [3.63, 3.8) is 0 Å². The molecule has 0 spiro atoms. The minimum Gasteiger partial charge on any atom is -0.375 e. The Morgan fingerprint density at radius 1 is 1.17 bits per heavy atom. The van der Waals surface area contributed by atoms with Crippen LogP contribution >= 0.6 is 0 Å². The Balaban J connectivity index is 1.37. The number of nitrogens with zero attached hydrogens (tertiary/aromatic N) is 5. The number of aromatic amines is 1. The van der Waals surface area contributed by atoms with E-state index in [0.717, 1.165) is 91.5 Å². The summed E-state index contributed by atoms with van der Waals surface area (Å²) >= 11 is 0. The quantitative estimate of drug-likeness (QED) is 0.457. The number of aromatic nitrogens is 5. The second-order valence-electron chi connectivity index (χ2n) is 10.5. The van der Waals surface area contributed by atoms with Crippen LogP contribution in [-0.2, 0) is 11.2 Å². The van der Waals surface area contributed by atoms with Gasteiger partial charge in [-0.1, -0.05) is 0 Å². The highest BCUT2D eigenvalue weighted by Crippen LogP contribution is 2.45. The second kappa shape index (κ2) is 8.24. The van der Waals surface area contributed by atoms with Gasteiger partial charge in [-0.2, -0.15) is 0 Å². The molecular weight excluding hydrogens is 438 g/mol. The van der Waals surface area contributed by atoms with Crippen LogP contribution in [0.4, 0.5) is 5.82 Å². The summed E-state index contributed by atoms with van der Waals surface area (Å²) in [6.45, 7) is 6.86.